The molecule has 0 amide bonds. The van der Waals surface area contributed by atoms with Crippen LogP contribution in [-0.4, -0.2) is 61.6 Å². The number of likely N-dealkylation sites (N-methyl/N-ethyl adjacent to an activating group) is 1. The first-order valence-corrected chi connectivity index (χ1v) is 9.77. The lowest BCUT2D eigenvalue weighted by Gasteiger charge is -2.27. The molecule has 1 aromatic heterocycles. The van der Waals surface area contributed by atoms with E-state index in [2.05, 4.69) is 58.4 Å². The van der Waals surface area contributed by atoms with E-state index in [1.807, 2.05) is 18.4 Å². The summed E-state index contributed by atoms with van der Waals surface area (Å²) in [7, 11) is 1.90. The van der Waals surface area contributed by atoms with Crippen molar-refractivity contribution in [2.75, 3.05) is 39.8 Å². The fraction of sp³-hybridized carbons (Fsp3) is 0.722. The molecule has 1 aromatic rings. The molecule has 4 nitrogen and oxygen atoms in total. The number of aliphatic imine (C=N–C) groups is 1. The Hall–Kier alpha value is -1.07. The number of guanidine groups is 1. The number of nitrogens with one attached hydrogen (secondary N) is 1. The maximum absolute atomic E-state index is 4.50. The second-order valence-corrected chi connectivity index (χ2v) is 7.46. The first kappa shape index (κ1) is 18.3. The summed E-state index contributed by atoms with van der Waals surface area (Å²) in [6, 6.07) is 5.04. The first-order valence-electron chi connectivity index (χ1n) is 8.89. The Kier molecular flexibility index (Phi) is 7.37. The van der Waals surface area contributed by atoms with Crippen molar-refractivity contribution in [3.63, 3.8) is 0 Å². The molecule has 2 heterocycles. The monoisotopic (exact) mass is 336 g/mol. The minimum Gasteiger partial charge on any atom is -0.356 e. The lowest BCUT2D eigenvalue weighted by molar-refractivity contribution is 0.223. The summed E-state index contributed by atoms with van der Waals surface area (Å²) in [6.45, 7) is 12.3. The van der Waals surface area contributed by atoms with Gasteiger partial charge in [-0.05, 0) is 43.3 Å². The molecule has 2 unspecified atom stereocenters. The number of hydrogen-bond donors (Lipinski definition) is 1. The van der Waals surface area contributed by atoms with E-state index in [0.29, 0.717) is 12.0 Å². The van der Waals surface area contributed by atoms with Crippen molar-refractivity contribution in [2.24, 2.45) is 10.9 Å². The Morgan fingerprint density at radius 2 is 2.26 bits per heavy atom. The van der Waals surface area contributed by atoms with Gasteiger partial charge in [-0.25, -0.2) is 0 Å². The normalized spacial score (nSPS) is 20.3. The lowest BCUT2D eigenvalue weighted by atomic mass is 10.1. The maximum Gasteiger partial charge on any atom is 0.193 e. The summed E-state index contributed by atoms with van der Waals surface area (Å²) in [5.74, 6) is 1.68. The van der Waals surface area contributed by atoms with Gasteiger partial charge in [0.15, 0.2) is 5.96 Å². The van der Waals surface area contributed by atoms with Crippen molar-refractivity contribution in [2.45, 2.75) is 39.7 Å². The van der Waals surface area contributed by atoms with E-state index >= 15 is 0 Å². The van der Waals surface area contributed by atoms with Gasteiger partial charge in [-0.1, -0.05) is 26.8 Å². The molecule has 130 valence electrons. The van der Waals surface area contributed by atoms with Crippen LogP contribution in [0.5, 0.6) is 0 Å². The number of hydrogen-bond acceptors (Lipinski definition) is 3. The van der Waals surface area contributed by atoms with Crippen LogP contribution in [-0.2, 0) is 6.42 Å². The highest BCUT2D eigenvalue weighted by Crippen LogP contribution is 2.16. The average Bonchev–Trinajstić information content (AvgIpc) is 3.22. The Labute approximate surface area is 145 Å². The highest BCUT2D eigenvalue weighted by atomic mass is 32.1. The summed E-state index contributed by atoms with van der Waals surface area (Å²) in [5.41, 5.74) is 0. The van der Waals surface area contributed by atoms with E-state index in [4.69, 9.17) is 0 Å². The van der Waals surface area contributed by atoms with Crippen LogP contribution in [0.1, 0.15) is 32.1 Å². The molecule has 0 aliphatic carbocycles. The number of likely N-dealkylation sites (tertiary alicyclic amines) is 1. The van der Waals surface area contributed by atoms with E-state index in [9.17, 15) is 0 Å². The molecule has 0 saturated carbocycles. The van der Waals surface area contributed by atoms with Crippen molar-refractivity contribution in [1.29, 1.82) is 0 Å². The molecular formula is C18H32N4S. The number of thiophene rings is 1. The molecule has 0 radical (unpaired) electrons. The molecule has 2 rings (SSSR count). The van der Waals surface area contributed by atoms with E-state index in [0.717, 1.165) is 45.1 Å². The Morgan fingerprint density at radius 3 is 2.87 bits per heavy atom. The molecule has 5 heteroatoms. The van der Waals surface area contributed by atoms with Crippen LogP contribution < -0.4 is 5.32 Å². The predicted octanol–water partition coefficient (Wildman–Crippen LogP) is 2.92. The number of rotatable bonds is 7. The topological polar surface area (TPSA) is 30.9 Å². The third-order valence-corrected chi connectivity index (χ3v) is 5.64. The third kappa shape index (κ3) is 5.21. The van der Waals surface area contributed by atoms with Gasteiger partial charge >= 0.3 is 0 Å². The number of nitrogens with zero attached hydrogens (tertiary/aromatic N) is 3. The summed E-state index contributed by atoms with van der Waals surface area (Å²) < 4.78 is 0. The molecule has 1 fully saturated rings. The second-order valence-electron chi connectivity index (χ2n) is 6.43. The minimum atomic E-state index is 0.617. The molecule has 0 bridgehead atoms. The zero-order valence-electron chi connectivity index (χ0n) is 15.1. The standard InChI is InChI=1S/C18H32N4S/c1-5-21(6-2)16-9-10-22(14-16)18(19-4)20-13-15(3)12-17-8-7-11-23-17/h7-8,11,15-16H,5-6,9-10,12-14H2,1-4H3,(H,19,20). The third-order valence-electron chi connectivity index (χ3n) is 4.74. The summed E-state index contributed by atoms with van der Waals surface area (Å²) >= 11 is 1.85. The van der Waals surface area contributed by atoms with Gasteiger partial charge in [-0.3, -0.25) is 9.89 Å². The van der Waals surface area contributed by atoms with Gasteiger partial charge < -0.3 is 10.2 Å². The molecular weight excluding hydrogens is 304 g/mol. The fourth-order valence-corrected chi connectivity index (χ4v) is 4.28. The van der Waals surface area contributed by atoms with Crippen LogP contribution in [0.3, 0.4) is 0 Å². The lowest BCUT2D eigenvalue weighted by Crippen LogP contribution is -2.44. The smallest absolute Gasteiger partial charge is 0.193 e. The highest BCUT2D eigenvalue weighted by molar-refractivity contribution is 7.09. The molecule has 1 aliphatic rings. The van der Waals surface area contributed by atoms with Gasteiger partial charge in [0.05, 0.1) is 0 Å². The molecule has 2 atom stereocenters. The van der Waals surface area contributed by atoms with E-state index in [1.54, 1.807) is 0 Å². The molecule has 23 heavy (non-hydrogen) atoms. The van der Waals surface area contributed by atoms with Crippen LogP contribution >= 0.6 is 11.3 Å². The van der Waals surface area contributed by atoms with Crippen molar-refractivity contribution >= 4 is 17.3 Å². The van der Waals surface area contributed by atoms with Crippen molar-refractivity contribution in [3.05, 3.63) is 22.4 Å². The van der Waals surface area contributed by atoms with E-state index < -0.39 is 0 Å². The molecule has 1 aliphatic heterocycles. The zero-order valence-corrected chi connectivity index (χ0v) is 15.9. The Balaban J connectivity index is 1.79. The molecule has 0 spiro atoms. The summed E-state index contributed by atoms with van der Waals surface area (Å²) in [4.78, 5) is 10.9. The van der Waals surface area contributed by atoms with Crippen molar-refractivity contribution in [1.82, 2.24) is 15.1 Å². The van der Waals surface area contributed by atoms with E-state index in [-0.39, 0.29) is 0 Å². The largest absolute Gasteiger partial charge is 0.356 e. The SMILES string of the molecule is CCN(CC)C1CCN(C(=NC)NCC(C)Cc2cccs2)C1. The van der Waals surface area contributed by atoms with Gasteiger partial charge in [0.2, 0.25) is 0 Å². The molecule has 1 N–H and O–H groups in total. The molecule has 1 saturated heterocycles. The van der Waals surface area contributed by atoms with Crippen LogP contribution in [0.4, 0.5) is 0 Å². The van der Waals surface area contributed by atoms with Crippen LogP contribution in [0.25, 0.3) is 0 Å². The summed E-state index contributed by atoms with van der Waals surface area (Å²) in [5, 5.41) is 5.74. The highest BCUT2D eigenvalue weighted by Gasteiger charge is 2.28. The quantitative estimate of drug-likeness (QED) is 0.613. The van der Waals surface area contributed by atoms with Gasteiger partial charge in [-0.2, -0.15) is 0 Å². The average molecular weight is 337 g/mol. The zero-order chi connectivity index (χ0) is 16.7. The minimum absolute atomic E-state index is 0.617. The van der Waals surface area contributed by atoms with Crippen LogP contribution in [0, 0.1) is 5.92 Å². The van der Waals surface area contributed by atoms with Gasteiger partial charge in [0, 0.05) is 37.6 Å². The Bertz CT molecular complexity index is 467. The fourth-order valence-electron chi connectivity index (χ4n) is 3.41. The second kappa shape index (κ2) is 9.28. The van der Waals surface area contributed by atoms with Gasteiger partial charge in [0.1, 0.15) is 0 Å². The first-order chi connectivity index (χ1) is 11.2. The Morgan fingerprint density at radius 1 is 1.48 bits per heavy atom. The maximum atomic E-state index is 4.50. The molecule has 0 aromatic carbocycles. The summed E-state index contributed by atoms with van der Waals surface area (Å²) in [6.07, 6.45) is 2.39. The van der Waals surface area contributed by atoms with Gasteiger partial charge in [-0.15, -0.1) is 11.3 Å². The van der Waals surface area contributed by atoms with Crippen LogP contribution in [0.2, 0.25) is 0 Å². The van der Waals surface area contributed by atoms with Crippen LogP contribution in [0.15, 0.2) is 22.5 Å². The van der Waals surface area contributed by atoms with Gasteiger partial charge in [0.25, 0.3) is 0 Å². The predicted molar refractivity (Wildman–Crippen MR) is 101 cm³/mol. The van der Waals surface area contributed by atoms with Crippen molar-refractivity contribution < 1.29 is 0 Å². The van der Waals surface area contributed by atoms with E-state index in [1.165, 1.54) is 11.3 Å². The van der Waals surface area contributed by atoms with Crippen molar-refractivity contribution in [3.8, 4) is 0 Å².